The average Bonchev–Trinajstić information content (AvgIpc) is 2.55. The van der Waals surface area contributed by atoms with Gasteiger partial charge in [-0.1, -0.05) is 87.9 Å². The molecule has 0 radical (unpaired) electrons. The molecule has 1 aromatic rings. The molecule has 1 aromatic carbocycles. The molecule has 0 saturated carbocycles. The zero-order valence-corrected chi connectivity index (χ0v) is 17.0. The molecular formula is C19H30Cl2N2S. The van der Waals surface area contributed by atoms with Crippen LogP contribution in [0.4, 0.5) is 5.69 Å². The van der Waals surface area contributed by atoms with E-state index >= 15 is 0 Å². The van der Waals surface area contributed by atoms with E-state index in [1.807, 2.05) is 6.07 Å². The Bertz CT molecular complexity index is 480. The van der Waals surface area contributed by atoms with Crippen molar-refractivity contribution in [1.29, 1.82) is 0 Å². The Morgan fingerprint density at radius 1 is 0.917 bits per heavy atom. The first kappa shape index (κ1) is 21.5. The molecule has 0 unspecified atom stereocenters. The van der Waals surface area contributed by atoms with Crippen molar-refractivity contribution in [2.45, 2.75) is 71.1 Å². The van der Waals surface area contributed by atoms with Gasteiger partial charge in [0.1, 0.15) is 0 Å². The highest BCUT2D eigenvalue weighted by atomic mass is 35.5. The van der Waals surface area contributed by atoms with Gasteiger partial charge in [0.15, 0.2) is 5.11 Å². The van der Waals surface area contributed by atoms with Crippen molar-refractivity contribution in [3.05, 3.63) is 28.2 Å². The molecule has 0 heterocycles. The third-order valence-corrected chi connectivity index (χ3v) is 4.79. The molecule has 1 rings (SSSR count). The summed E-state index contributed by atoms with van der Waals surface area (Å²) in [5, 5.41) is 8.13. The number of rotatable bonds is 12. The maximum absolute atomic E-state index is 6.11. The van der Waals surface area contributed by atoms with E-state index in [1.165, 1.54) is 57.8 Å². The van der Waals surface area contributed by atoms with Crippen molar-refractivity contribution in [2.75, 3.05) is 11.9 Å². The summed E-state index contributed by atoms with van der Waals surface area (Å²) in [6.45, 7) is 3.16. The van der Waals surface area contributed by atoms with Crippen LogP contribution in [0.1, 0.15) is 71.1 Å². The highest BCUT2D eigenvalue weighted by molar-refractivity contribution is 7.80. The number of hydrogen-bond donors (Lipinski definition) is 2. The van der Waals surface area contributed by atoms with Crippen LogP contribution in [0.15, 0.2) is 18.2 Å². The molecule has 2 nitrogen and oxygen atoms in total. The van der Waals surface area contributed by atoms with E-state index in [4.69, 9.17) is 35.4 Å². The van der Waals surface area contributed by atoms with Gasteiger partial charge in [-0.2, -0.15) is 0 Å². The zero-order valence-electron chi connectivity index (χ0n) is 14.7. The van der Waals surface area contributed by atoms with Crippen LogP contribution in [0.3, 0.4) is 0 Å². The standard InChI is InChI=1S/C19H30Cl2N2S/c1-2-3-4-5-6-7-8-9-10-11-14-22-19(24)23-18-13-12-16(20)15-17(18)21/h12-13,15H,2-11,14H2,1H3,(H2,22,23,24). The summed E-state index contributed by atoms with van der Waals surface area (Å²) in [5.74, 6) is 0. The van der Waals surface area contributed by atoms with E-state index in [-0.39, 0.29) is 0 Å². The molecule has 0 spiro atoms. The topological polar surface area (TPSA) is 24.1 Å². The number of anilines is 1. The largest absolute Gasteiger partial charge is 0.362 e. The van der Waals surface area contributed by atoms with Crippen LogP contribution in [0, 0.1) is 0 Å². The molecule has 0 aliphatic heterocycles. The van der Waals surface area contributed by atoms with Crippen molar-refractivity contribution in [3.8, 4) is 0 Å². The maximum Gasteiger partial charge on any atom is 0.170 e. The Labute approximate surface area is 162 Å². The lowest BCUT2D eigenvalue weighted by Crippen LogP contribution is -2.29. The molecule has 0 atom stereocenters. The van der Waals surface area contributed by atoms with Gasteiger partial charge in [-0.05, 0) is 36.8 Å². The lowest BCUT2D eigenvalue weighted by atomic mass is 10.1. The second kappa shape index (κ2) is 13.7. The van der Waals surface area contributed by atoms with Crippen molar-refractivity contribution in [2.24, 2.45) is 0 Å². The molecule has 2 N–H and O–H groups in total. The summed E-state index contributed by atoms with van der Waals surface area (Å²) in [6, 6.07) is 5.33. The molecule has 0 aliphatic rings. The molecular weight excluding hydrogens is 359 g/mol. The average molecular weight is 389 g/mol. The summed E-state index contributed by atoms with van der Waals surface area (Å²) in [5.41, 5.74) is 0.779. The van der Waals surface area contributed by atoms with Gasteiger partial charge in [-0.3, -0.25) is 0 Å². The van der Waals surface area contributed by atoms with Crippen LogP contribution >= 0.6 is 35.4 Å². The molecule has 136 valence electrons. The normalized spacial score (nSPS) is 10.6. The first-order chi connectivity index (χ1) is 11.6. The predicted octanol–water partition coefficient (Wildman–Crippen LogP) is 7.20. The molecule has 0 aromatic heterocycles. The smallest absolute Gasteiger partial charge is 0.170 e. The SMILES string of the molecule is CCCCCCCCCCCCNC(=S)Nc1ccc(Cl)cc1Cl. The second-order valence-corrected chi connectivity index (χ2v) is 7.44. The minimum absolute atomic E-state index is 0.575. The number of halogens is 2. The van der Waals surface area contributed by atoms with E-state index in [2.05, 4.69) is 17.6 Å². The number of nitrogens with one attached hydrogen (secondary N) is 2. The summed E-state index contributed by atoms with van der Waals surface area (Å²) < 4.78 is 0. The Morgan fingerprint density at radius 2 is 1.50 bits per heavy atom. The predicted molar refractivity (Wildman–Crippen MR) is 113 cm³/mol. The lowest BCUT2D eigenvalue weighted by molar-refractivity contribution is 0.555. The highest BCUT2D eigenvalue weighted by Gasteiger charge is 2.03. The molecule has 0 fully saturated rings. The van der Waals surface area contributed by atoms with Crippen LogP contribution in [-0.4, -0.2) is 11.7 Å². The van der Waals surface area contributed by atoms with Gasteiger partial charge in [0.05, 0.1) is 10.7 Å². The number of unbranched alkanes of at least 4 members (excludes halogenated alkanes) is 9. The summed E-state index contributed by atoms with van der Waals surface area (Å²) in [7, 11) is 0. The van der Waals surface area contributed by atoms with E-state index < -0.39 is 0 Å². The van der Waals surface area contributed by atoms with E-state index in [1.54, 1.807) is 12.1 Å². The van der Waals surface area contributed by atoms with Gasteiger partial charge in [-0.25, -0.2) is 0 Å². The maximum atomic E-state index is 6.11. The van der Waals surface area contributed by atoms with E-state index in [0.29, 0.717) is 15.2 Å². The van der Waals surface area contributed by atoms with Gasteiger partial charge < -0.3 is 10.6 Å². The molecule has 0 bridgehead atoms. The monoisotopic (exact) mass is 388 g/mol. The Morgan fingerprint density at radius 3 is 2.08 bits per heavy atom. The molecule has 24 heavy (non-hydrogen) atoms. The minimum atomic E-state index is 0.575. The van der Waals surface area contributed by atoms with Crippen LogP contribution in [0.5, 0.6) is 0 Å². The van der Waals surface area contributed by atoms with Gasteiger partial charge in [0.25, 0.3) is 0 Å². The van der Waals surface area contributed by atoms with Crippen molar-refractivity contribution in [1.82, 2.24) is 5.32 Å². The fourth-order valence-corrected chi connectivity index (χ4v) is 3.24. The van der Waals surface area contributed by atoms with Crippen LogP contribution in [0.25, 0.3) is 0 Å². The van der Waals surface area contributed by atoms with Gasteiger partial charge in [0.2, 0.25) is 0 Å². The van der Waals surface area contributed by atoms with Gasteiger partial charge >= 0.3 is 0 Å². The fraction of sp³-hybridized carbons (Fsp3) is 0.632. The van der Waals surface area contributed by atoms with Crippen molar-refractivity contribution < 1.29 is 0 Å². The van der Waals surface area contributed by atoms with Crippen LogP contribution < -0.4 is 10.6 Å². The van der Waals surface area contributed by atoms with Gasteiger partial charge in [0, 0.05) is 11.6 Å². The quantitative estimate of drug-likeness (QED) is 0.292. The summed E-state index contributed by atoms with van der Waals surface area (Å²) >= 11 is 17.3. The van der Waals surface area contributed by atoms with E-state index in [9.17, 15) is 0 Å². The lowest BCUT2D eigenvalue weighted by Gasteiger charge is -2.11. The third-order valence-electron chi connectivity index (χ3n) is 4.00. The molecule has 0 aliphatic carbocycles. The number of benzene rings is 1. The molecule has 0 saturated heterocycles. The van der Waals surface area contributed by atoms with Crippen molar-refractivity contribution in [3.63, 3.8) is 0 Å². The number of thiocarbonyl (C=S) groups is 1. The van der Waals surface area contributed by atoms with E-state index in [0.717, 1.165) is 18.7 Å². The summed E-state index contributed by atoms with van der Waals surface area (Å²) in [6.07, 6.45) is 13.4. The fourth-order valence-electron chi connectivity index (χ4n) is 2.57. The Kier molecular flexibility index (Phi) is 12.3. The summed E-state index contributed by atoms with van der Waals surface area (Å²) in [4.78, 5) is 0. The van der Waals surface area contributed by atoms with Gasteiger partial charge in [-0.15, -0.1) is 0 Å². The minimum Gasteiger partial charge on any atom is -0.362 e. The Hall–Kier alpha value is -0.510. The first-order valence-corrected chi connectivity index (χ1v) is 10.3. The van der Waals surface area contributed by atoms with Crippen LogP contribution in [0.2, 0.25) is 10.0 Å². The third kappa shape index (κ3) is 10.4. The highest BCUT2D eigenvalue weighted by Crippen LogP contribution is 2.25. The van der Waals surface area contributed by atoms with Crippen LogP contribution in [-0.2, 0) is 0 Å². The molecule has 5 heteroatoms. The molecule has 0 amide bonds. The van der Waals surface area contributed by atoms with Crippen molar-refractivity contribution >= 4 is 46.2 Å². The Balaban J connectivity index is 1.98. The second-order valence-electron chi connectivity index (χ2n) is 6.19. The zero-order chi connectivity index (χ0) is 17.6. The number of hydrogen-bond acceptors (Lipinski definition) is 1. The first-order valence-electron chi connectivity index (χ1n) is 9.13.